The van der Waals surface area contributed by atoms with E-state index in [1.807, 2.05) is 0 Å². The van der Waals surface area contributed by atoms with Crippen LogP contribution in [0.4, 0.5) is 4.39 Å². The summed E-state index contributed by atoms with van der Waals surface area (Å²) in [5.74, 6) is -1.53. The second-order valence-corrected chi connectivity index (χ2v) is 5.64. The minimum atomic E-state index is -0.621. The number of rotatable bonds is 1. The van der Waals surface area contributed by atoms with Gasteiger partial charge >= 0.3 is 0 Å². The largest absolute Gasteiger partial charge is 0.504 e. The third kappa shape index (κ3) is 2.35. The van der Waals surface area contributed by atoms with Crippen LogP contribution in [-0.2, 0) is 0 Å². The first-order valence-corrected chi connectivity index (χ1v) is 7.35. The van der Waals surface area contributed by atoms with E-state index in [2.05, 4.69) is 0 Å². The quantitative estimate of drug-likeness (QED) is 0.362. The fourth-order valence-corrected chi connectivity index (χ4v) is 2.89. The van der Waals surface area contributed by atoms with E-state index in [-0.39, 0.29) is 22.8 Å². The van der Waals surface area contributed by atoms with E-state index in [1.54, 1.807) is 6.07 Å². The normalized spacial score (nSPS) is 11.2. The molecule has 1 aliphatic heterocycles. The predicted octanol–water partition coefficient (Wildman–Crippen LogP) is 3.82. The lowest BCUT2D eigenvalue weighted by Crippen LogP contribution is -2.01. The minimum absolute atomic E-state index is 0.166. The highest BCUT2D eigenvalue weighted by atomic mass is 19.1. The minimum Gasteiger partial charge on any atom is -0.504 e. The maximum absolute atomic E-state index is 13.7. The van der Waals surface area contributed by atoms with Gasteiger partial charge in [0.25, 0.3) is 0 Å². The van der Waals surface area contributed by atoms with E-state index in [0.29, 0.717) is 22.1 Å². The Bertz CT molecular complexity index is 1160. The standard InChI is InChI=1S/C19H11FO5/c20-10-3-1-2-9(4-10)19-11-5-13(21)15(23)7-17(11)25-18-8-16(24)14(22)6-12(18)19/h1-8,21-23H. The summed E-state index contributed by atoms with van der Waals surface area (Å²) >= 11 is 0. The van der Waals surface area contributed by atoms with Crippen molar-refractivity contribution in [2.45, 2.75) is 0 Å². The molecule has 0 fully saturated rings. The molecule has 1 heterocycles. The molecular formula is C19H11FO5. The van der Waals surface area contributed by atoms with Crippen LogP contribution in [0.2, 0.25) is 0 Å². The van der Waals surface area contributed by atoms with Gasteiger partial charge in [0.1, 0.15) is 17.2 Å². The van der Waals surface area contributed by atoms with Gasteiger partial charge in [-0.15, -0.1) is 0 Å². The van der Waals surface area contributed by atoms with Crippen molar-refractivity contribution in [3.8, 4) is 39.7 Å². The van der Waals surface area contributed by atoms with Crippen molar-refractivity contribution in [2.24, 2.45) is 0 Å². The van der Waals surface area contributed by atoms with Crippen LogP contribution in [0, 0.1) is 5.82 Å². The lowest BCUT2D eigenvalue weighted by molar-refractivity contribution is 0.404. The van der Waals surface area contributed by atoms with Gasteiger partial charge in [0.2, 0.25) is 5.43 Å². The Morgan fingerprint density at radius 2 is 1.64 bits per heavy atom. The molecule has 0 amide bonds. The van der Waals surface area contributed by atoms with Gasteiger partial charge in [-0.1, -0.05) is 12.1 Å². The van der Waals surface area contributed by atoms with Gasteiger partial charge in [0, 0.05) is 28.6 Å². The highest BCUT2D eigenvalue weighted by Gasteiger charge is 2.20. The third-order valence-corrected chi connectivity index (χ3v) is 4.01. The first kappa shape index (κ1) is 15.0. The second kappa shape index (κ2) is 5.24. The number of hydrogen-bond donors (Lipinski definition) is 3. The van der Waals surface area contributed by atoms with E-state index in [4.69, 9.17) is 4.42 Å². The molecular weight excluding hydrogens is 327 g/mol. The first-order chi connectivity index (χ1) is 11.9. The third-order valence-electron chi connectivity index (χ3n) is 4.01. The van der Waals surface area contributed by atoms with Gasteiger partial charge in [-0.3, -0.25) is 4.79 Å². The topological polar surface area (TPSA) is 90.9 Å². The monoisotopic (exact) mass is 338 g/mol. The Balaban J connectivity index is 2.24. The predicted molar refractivity (Wildman–Crippen MR) is 89.5 cm³/mol. The molecule has 0 atom stereocenters. The van der Waals surface area contributed by atoms with Crippen LogP contribution >= 0.6 is 0 Å². The highest BCUT2D eigenvalue weighted by molar-refractivity contribution is 6.03. The van der Waals surface area contributed by atoms with E-state index < -0.39 is 17.0 Å². The highest BCUT2D eigenvalue weighted by Crippen LogP contribution is 2.43. The molecule has 0 saturated carbocycles. The van der Waals surface area contributed by atoms with Crippen LogP contribution in [0.1, 0.15) is 0 Å². The van der Waals surface area contributed by atoms with Crippen LogP contribution in [0.15, 0.2) is 57.7 Å². The summed E-state index contributed by atoms with van der Waals surface area (Å²) in [6.45, 7) is 0. The Hall–Kier alpha value is -3.54. The zero-order chi connectivity index (χ0) is 17.7. The molecule has 0 spiro atoms. The number of phenols is 3. The van der Waals surface area contributed by atoms with Gasteiger partial charge in [0.05, 0.1) is 0 Å². The summed E-state index contributed by atoms with van der Waals surface area (Å²) in [5, 5.41) is 29.8. The van der Waals surface area contributed by atoms with Gasteiger partial charge in [-0.25, -0.2) is 4.39 Å². The van der Waals surface area contributed by atoms with Crippen LogP contribution in [0.3, 0.4) is 0 Å². The maximum atomic E-state index is 13.7. The van der Waals surface area contributed by atoms with Gasteiger partial charge in [0.15, 0.2) is 17.2 Å². The zero-order valence-corrected chi connectivity index (χ0v) is 12.7. The van der Waals surface area contributed by atoms with E-state index in [0.717, 1.165) is 6.07 Å². The summed E-state index contributed by atoms with van der Waals surface area (Å²) in [5.41, 5.74) is 0.881. The Labute approximate surface area is 140 Å². The number of halogens is 1. The number of phenolic OH excluding ortho intramolecular Hbond substituents is 3. The molecule has 2 aliphatic rings. The van der Waals surface area contributed by atoms with E-state index >= 15 is 0 Å². The SMILES string of the molecule is O=c1cc2oc3cc(O)c(O)cc3c(-c3cccc(F)c3)c-2cc1O. The molecule has 0 aromatic heterocycles. The van der Waals surface area contributed by atoms with Crippen molar-refractivity contribution >= 4 is 11.0 Å². The molecule has 6 heteroatoms. The van der Waals surface area contributed by atoms with Crippen LogP contribution in [0.25, 0.3) is 33.4 Å². The summed E-state index contributed by atoms with van der Waals surface area (Å²) in [7, 11) is 0. The number of fused-ring (bicyclic) bond motifs is 2. The number of benzene rings is 3. The van der Waals surface area contributed by atoms with E-state index in [9.17, 15) is 24.5 Å². The lowest BCUT2D eigenvalue weighted by Gasteiger charge is -2.16. The van der Waals surface area contributed by atoms with Crippen LogP contribution < -0.4 is 5.43 Å². The zero-order valence-electron chi connectivity index (χ0n) is 12.7. The summed E-state index contributed by atoms with van der Waals surface area (Å²) in [4.78, 5) is 11.7. The van der Waals surface area contributed by atoms with Gasteiger partial charge in [-0.2, -0.15) is 0 Å². The van der Waals surface area contributed by atoms with Gasteiger partial charge in [-0.05, 0) is 29.8 Å². The summed E-state index contributed by atoms with van der Waals surface area (Å²) in [6.07, 6.45) is 0. The molecule has 25 heavy (non-hydrogen) atoms. The molecule has 0 radical (unpaired) electrons. The molecule has 3 N–H and O–H groups in total. The van der Waals surface area contributed by atoms with Gasteiger partial charge < -0.3 is 19.7 Å². The molecule has 124 valence electrons. The second-order valence-electron chi connectivity index (χ2n) is 5.64. The average molecular weight is 338 g/mol. The van der Waals surface area contributed by atoms with Crippen molar-refractivity contribution in [3.05, 3.63) is 64.6 Å². The molecule has 0 saturated heterocycles. The first-order valence-electron chi connectivity index (χ1n) is 7.35. The maximum Gasteiger partial charge on any atom is 0.223 e. The van der Waals surface area contributed by atoms with Crippen molar-refractivity contribution in [1.82, 2.24) is 0 Å². The van der Waals surface area contributed by atoms with Crippen molar-refractivity contribution < 1.29 is 24.1 Å². The molecule has 1 aliphatic carbocycles. The lowest BCUT2D eigenvalue weighted by atomic mass is 9.93. The Morgan fingerprint density at radius 3 is 2.40 bits per heavy atom. The Kier molecular flexibility index (Phi) is 3.15. The van der Waals surface area contributed by atoms with E-state index in [1.165, 1.54) is 36.4 Å². The fourth-order valence-electron chi connectivity index (χ4n) is 2.89. The van der Waals surface area contributed by atoms with Crippen molar-refractivity contribution in [3.63, 3.8) is 0 Å². The van der Waals surface area contributed by atoms with Crippen molar-refractivity contribution in [1.29, 1.82) is 0 Å². The molecule has 0 bridgehead atoms. The van der Waals surface area contributed by atoms with Crippen LogP contribution in [-0.4, -0.2) is 15.3 Å². The fraction of sp³-hybridized carbons (Fsp3) is 0. The number of hydrogen-bond acceptors (Lipinski definition) is 5. The smallest absolute Gasteiger partial charge is 0.223 e. The molecule has 4 rings (SSSR count). The Morgan fingerprint density at radius 1 is 0.880 bits per heavy atom. The summed E-state index contributed by atoms with van der Waals surface area (Å²) < 4.78 is 19.4. The molecule has 0 unspecified atom stereocenters. The van der Waals surface area contributed by atoms with Crippen LogP contribution in [0.5, 0.6) is 17.2 Å². The van der Waals surface area contributed by atoms with Crippen molar-refractivity contribution in [2.75, 3.05) is 0 Å². The molecule has 2 aromatic rings. The average Bonchev–Trinajstić information content (AvgIpc) is 2.56. The summed E-state index contributed by atoms with van der Waals surface area (Å²) in [6, 6.07) is 10.6. The molecule has 2 aromatic carbocycles. The molecule has 5 nitrogen and oxygen atoms in total. The number of aromatic hydroxyl groups is 3.